The molecule has 7 heteroatoms. The minimum Gasteiger partial charge on any atom is -1.00 e. The van der Waals surface area contributed by atoms with Gasteiger partial charge in [-0.25, -0.2) is 4.98 Å². The number of aryl methyl sites for hydroxylation is 1. The Morgan fingerprint density at radius 1 is 0.518 bits per heavy atom. The normalized spacial score (nSPS) is 13.7. The van der Waals surface area contributed by atoms with Crippen LogP contribution in [-0.2, 0) is 23.7 Å². The average Bonchev–Trinajstić information content (AvgIpc) is 3.25. The van der Waals surface area contributed by atoms with Crippen LogP contribution >= 0.6 is 14.5 Å². The van der Waals surface area contributed by atoms with Crippen LogP contribution in [0.25, 0.3) is 0 Å². The fourth-order valence-electron chi connectivity index (χ4n) is 8.20. The number of hydrogen-bond acceptors (Lipinski definition) is 3. The van der Waals surface area contributed by atoms with E-state index >= 15 is 0 Å². The molecular formula is C49H47Cl2NO2P2. The average molecular weight is 815 g/mol. The molecule has 1 unspecified atom stereocenters. The van der Waals surface area contributed by atoms with E-state index in [9.17, 15) is 0 Å². The Labute approximate surface area is 346 Å². The van der Waals surface area contributed by atoms with Gasteiger partial charge in [-0.15, -0.1) is 0 Å². The zero-order chi connectivity index (χ0) is 36.8. The van der Waals surface area contributed by atoms with Crippen LogP contribution in [0.5, 0.6) is 5.75 Å². The molecule has 1 aliphatic heterocycles. The zero-order valence-corrected chi connectivity index (χ0v) is 35.1. The van der Waals surface area contributed by atoms with E-state index < -0.39 is 14.5 Å². The number of benzene rings is 6. The fraction of sp³-hybridized carbons (Fsp3) is 0.163. The van der Waals surface area contributed by atoms with Crippen LogP contribution in [0.15, 0.2) is 182 Å². The molecule has 1 aromatic heterocycles. The van der Waals surface area contributed by atoms with Gasteiger partial charge in [0.1, 0.15) is 64.4 Å². The summed E-state index contributed by atoms with van der Waals surface area (Å²) in [5, 5.41) is 8.07. The summed E-state index contributed by atoms with van der Waals surface area (Å²) in [6.45, 7) is 4.81. The summed E-state index contributed by atoms with van der Waals surface area (Å²) in [5.74, 6) is 0.897. The van der Waals surface area contributed by atoms with E-state index in [1.807, 2.05) is 0 Å². The van der Waals surface area contributed by atoms with Crippen LogP contribution in [0.4, 0.5) is 0 Å². The molecule has 3 nitrogen and oxygen atoms in total. The van der Waals surface area contributed by atoms with Crippen LogP contribution in [0.2, 0.25) is 0 Å². The molecular weight excluding hydrogens is 767 g/mol. The Balaban J connectivity index is 0.00000266. The number of nitrogens with zero attached hydrogens (tertiary/aromatic N) is 1. The van der Waals surface area contributed by atoms with Gasteiger partial charge in [-0.3, -0.25) is 0 Å². The van der Waals surface area contributed by atoms with Gasteiger partial charge >= 0.3 is 0 Å². The molecule has 1 aliphatic rings. The van der Waals surface area contributed by atoms with Crippen molar-refractivity contribution in [2.24, 2.45) is 0 Å². The summed E-state index contributed by atoms with van der Waals surface area (Å²) in [7, 11) is -4.61. The van der Waals surface area contributed by atoms with Crippen molar-refractivity contribution in [3.63, 3.8) is 0 Å². The number of ether oxygens (including phenoxy) is 2. The monoisotopic (exact) mass is 813 g/mol. The number of pyridine rings is 1. The van der Waals surface area contributed by atoms with Crippen molar-refractivity contribution < 1.29 is 34.3 Å². The van der Waals surface area contributed by atoms with E-state index in [1.54, 1.807) is 0 Å². The molecule has 284 valence electrons. The van der Waals surface area contributed by atoms with Gasteiger partial charge in [0.05, 0.1) is 18.0 Å². The molecule has 0 saturated carbocycles. The van der Waals surface area contributed by atoms with E-state index in [0.29, 0.717) is 6.61 Å². The maximum absolute atomic E-state index is 6.75. The molecule has 0 bridgehead atoms. The second kappa shape index (κ2) is 18.7. The van der Waals surface area contributed by atoms with Gasteiger partial charge in [0.2, 0.25) is 0 Å². The lowest BCUT2D eigenvalue weighted by atomic mass is 10.0. The first-order chi connectivity index (χ1) is 26.6. The Hall–Kier alpha value is -4.33. The Morgan fingerprint density at radius 2 is 0.857 bits per heavy atom. The smallest absolute Gasteiger partial charge is 0.200 e. The predicted octanol–water partition coefficient (Wildman–Crippen LogP) is 3.42. The molecule has 1 atom stereocenters. The van der Waals surface area contributed by atoms with Crippen molar-refractivity contribution in [3.8, 4) is 5.75 Å². The largest absolute Gasteiger partial charge is 1.00 e. The fourth-order valence-corrected chi connectivity index (χ4v) is 16.7. The quantitative estimate of drug-likeness (QED) is 0.178. The highest BCUT2D eigenvalue weighted by Gasteiger charge is 2.50. The minimum atomic E-state index is -2.31. The molecule has 0 aliphatic carbocycles. The minimum absolute atomic E-state index is 0. The van der Waals surface area contributed by atoms with Crippen LogP contribution in [0.1, 0.15) is 42.3 Å². The molecule has 0 radical (unpaired) electrons. The summed E-state index contributed by atoms with van der Waals surface area (Å²) >= 11 is 0. The number of aromatic nitrogens is 1. The first-order valence-electron chi connectivity index (χ1n) is 19.0. The first kappa shape index (κ1) is 41.3. The number of hydrogen-bond donors (Lipinski definition) is 0. The lowest BCUT2D eigenvalue weighted by Gasteiger charge is -2.34. The highest BCUT2D eigenvalue weighted by molar-refractivity contribution is 7.95. The molecule has 56 heavy (non-hydrogen) atoms. The molecule has 7 aromatic rings. The molecule has 2 heterocycles. The lowest BCUT2D eigenvalue weighted by Crippen LogP contribution is -3.00. The van der Waals surface area contributed by atoms with Gasteiger partial charge < -0.3 is 34.3 Å². The highest BCUT2D eigenvalue weighted by Crippen LogP contribution is 2.62. The highest BCUT2D eigenvalue weighted by atomic mass is 35.5. The zero-order valence-electron chi connectivity index (χ0n) is 31.8. The van der Waals surface area contributed by atoms with Gasteiger partial charge in [-0.2, -0.15) is 0 Å². The second-order valence-corrected chi connectivity index (χ2v) is 21.0. The van der Waals surface area contributed by atoms with E-state index in [1.165, 1.54) is 37.4 Å². The van der Waals surface area contributed by atoms with Gasteiger partial charge in [0.15, 0.2) is 6.29 Å². The summed E-state index contributed by atoms with van der Waals surface area (Å²) < 4.78 is 13.3. The maximum Gasteiger partial charge on any atom is 0.200 e. The summed E-state index contributed by atoms with van der Waals surface area (Å²) in [6.07, 6.45) is 3.11. The Kier molecular flexibility index (Phi) is 13.8. The van der Waals surface area contributed by atoms with Crippen molar-refractivity contribution in [1.29, 1.82) is 0 Å². The van der Waals surface area contributed by atoms with Crippen molar-refractivity contribution in [1.82, 2.24) is 4.98 Å². The molecule has 0 N–H and O–H groups in total. The molecule has 0 fully saturated rings. The summed E-state index contributed by atoms with van der Waals surface area (Å²) in [6, 6.07) is 67.0. The topological polar surface area (TPSA) is 31.4 Å². The second-order valence-electron chi connectivity index (χ2n) is 14.0. The third-order valence-corrected chi connectivity index (χ3v) is 19.4. The van der Waals surface area contributed by atoms with Crippen molar-refractivity contribution in [3.05, 3.63) is 205 Å². The maximum atomic E-state index is 6.75. The van der Waals surface area contributed by atoms with Gasteiger partial charge in [0.25, 0.3) is 0 Å². The van der Waals surface area contributed by atoms with Gasteiger partial charge in [-0.1, -0.05) is 123 Å². The molecule has 0 amide bonds. The molecule has 8 rings (SSSR count). The Bertz CT molecular complexity index is 2090. The van der Waals surface area contributed by atoms with Gasteiger partial charge in [0, 0.05) is 17.5 Å². The van der Waals surface area contributed by atoms with E-state index in [4.69, 9.17) is 14.5 Å². The number of halogens is 2. The molecule has 0 spiro atoms. The molecule has 0 saturated heterocycles. The van der Waals surface area contributed by atoms with E-state index in [2.05, 4.69) is 196 Å². The molecule has 6 aromatic carbocycles. The third kappa shape index (κ3) is 7.95. The van der Waals surface area contributed by atoms with Crippen LogP contribution in [0.3, 0.4) is 0 Å². The summed E-state index contributed by atoms with van der Waals surface area (Å²) in [4.78, 5) is 5.67. The third-order valence-electron chi connectivity index (χ3n) is 10.8. The van der Waals surface area contributed by atoms with Gasteiger partial charge in [-0.05, 0) is 79.7 Å². The summed E-state index contributed by atoms with van der Waals surface area (Å²) in [5.41, 5.74) is 4.46. The predicted molar refractivity (Wildman–Crippen MR) is 231 cm³/mol. The van der Waals surface area contributed by atoms with Crippen molar-refractivity contribution >= 4 is 46.4 Å². The van der Waals surface area contributed by atoms with Crippen LogP contribution < -0.4 is 61.4 Å². The van der Waals surface area contributed by atoms with Crippen LogP contribution in [-0.4, -0.2) is 11.3 Å². The standard InChI is InChI=1S/C49H47NO2P2.2ClH/c1-3-22-48-51-35-45-46(36-53(39-23-10-4-11-24-39,40-25-12-5-13-26-40)41-27-14-6-15-28-41)47(50-38(2)49(45)52-48)37-54(42-29-16-7-17-30-42,43-31-18-8-19-32-43)44-33-20-9-21-34-44;;/h4-21,23-34,48H,3,22,35-37H2,1-2H3;2*1H/q+2;;/p-2. The van der Waals surface area contributed by atoms with Crippen molar-refractivity contribution in [2.45, 2.75) is 51.9 Å². The SMILES string of the molecule is CCCC1OCc2c(C[P+](c3ccccc3)(c3ccccc3)c3ccccc3)c(C[P+](c3ccccc3)(c3ccccc3)c3ccccc3)nc(C)c2O1.[Cl-].[Cl-]. The number of rotatable bonds is 12. The van der Waals surface area contributed by atoms with E-state index in [0.717, 1.165) is 47.9 Å². The number of fused-ring (bicyclic) bond motifs is 1. The van der Waals surface area contributed by atoms with Crippen molar-refractivity contribution in [2.75, 3.05) is 0 Å². The van der Waals surface area contributed by atoms with E-state index in [-0.39, 0.29) is 31.1 Å². The lowest BCUT2D eigenvalue weighted by molar-refractivity contribution is -0.112. The first-order valence-corrected chi connectivity index (χ1v) is 23.0. The Morgan fingerprint density at radius 3 is 1.20 bits per heavy atom. The van der Waals surface area contributed by atoms with Crippen LogP contribution in [0, 0.1) is 6.92 Å².